The molecule has 3 aromatic rings. The third-order valence-corrected chi connectivity index (χ3v) is 3.77. The average Bonchev–Trinajstić information content (AvgIpc) is 2.92. The van der Waals surface area contributed by atoms with E-state index in [1.165, 1.54) is 4.57 Å². The van der Waals surface area contributed by atoms with Gasteiger partial charge in [-0.1, -0.05) is 18.2 Å². The second-order valence-electron chi connectivity index (χ2n) is 5.45. The van der Waals surface area contributed by atoms with Crippen LogP contribution in [-0.4, -0.2) is 24.2 Å². The summed E-state index contributed by atoms with van der Waals surface area (Å²) in [4.78, 5) is 23.5. The van der Waals surface area contributed by atoms with Crippen molar-refractivity contribution >= 4 is 17.0 Å². The molecule has 0 aliphatic carbocycles. The van der Waals surface area contributed by atoms with Crippen molar-refractivity contribution in [2.45, 2.75) is 6.54 Å². The van der Waals surface area contributed by atoms with E-state index >= 15 is 0 Å². The Hall–Kier alpha value is -3.22. The molecule has 7 heteroatoms. The maximum Gasteiger partial charge on any atom is 0.419 e. The molecule has 2 aromatic carbocycles. The topological polar surface area (TPSA) is 82.7 Å². The summed E-state index contributed by atoms with van der Waals surface area (Å²) in [6.45, 7) is 0.205. The van der Waals surface area contributed by atoms with Gasteiger partial charge in [0.25, 0.3) is 5.91 Å². The number of carbonyl (C=O) groups excluding carboxylic acids is 1. The number of amides is 1. The summed E-state index contributed by atoms with van der Waals surface area (Å²) in [6.07, 6.45) is 0. The van der Waals surface area contributed by atoms with E-state index < -0.39 is 5.76 Å². The number of methoxy groups -OCH3 is 1. The number of hydrogen-bond acceptors (Lipinski definition) is 5. The number of rotatable bonds is 6. The summed E-state index contributed by atoms with van der Waals surface area (Å²) in [7, 11) is 3.18. The van der Waals surface area contributed by atoms with Crippen molar-refractivity contribution in [2.24, 2.45) is 7.05 Å². The first-order chi connectivity index (χ1) is 12.1. The van der Waals surface area contributed by atoms with E-state index in [1.54, 1.807) is 44.5 Å². The third kappa shape index (κ3) is 3.65. The Morgan fingerprint density at radius 3 is 2.72 bits per heavy atom. The quantitative estimate of drug-likeness (QED) is 0.739. The molecule has 130 valence electrons. The van der Waals surface area contributed by atoms with E-state index in [2.05, 4.69) is 5.32 Å². The number of nitrogens with zero attached hydrogens (tertiary/aromatic N) is 1. The molecule has 0 unspecified atom stereocenters. The summed E-state index contributed by atoms with van der Waals surface area (Å²) in [5.74, 6) is 0.407. The normalized spacial score (nSPS) is 10.6. The van der Waals surface area contributed by atoms with E-state index in [9.17, 15) is 9.59 Å². The molecule has 3 rings (SSSR count). The molecule has 0 fully saturated rings. The van der Waals surface area contributed by atoms with Gasteiger partial charge < -0.3 is 19.2 Å². The minimum absolute atomic E-state index is 0.118. The van der Waals surface area contributed by atoms with Gasteiger partial charge in [-0.25, -0.2) is 4.79 Å². The highest BCUT2D eigenvalue weighted by atomic mass is 16.5. The molecule has 1 N–H and O–H groups in total. The van der Waals surface area contributed by atoms with E-state index in [4.69, 9.17) is 13.9 Å². The number of benzene rings is 2. The SMILES string of the molecule is COc1ccccc1OCC(=O)NCc1ccc2oc(=O)n(C)c2c1. The van der Waals surface area contributed by atoms with E-state index in [0.29, 0.717) is 29.1 Å². The Morgan fingerprint density at radius 1 is 1.20 bits per heavy atom. The summed E-state index contributed by atoms with van der Waals surface area (Å²) >= 11 is 0. The first kappa shape index (κ1) is 16.6. The zero-order valence-electron chi connectivity index (χ0n) is 13.9. The molecule has 0 aliphatic rings. The fourth-order valence-corrected chi connectivity index (χ4v) is 2.42. The van der Waals surface area contributed by atoms with Crippen LogP contribution in [0.3, 0.4) is 0 Å². The van der Waals surface area contributed by atoms with Crippen molar-refractivity contribution in [3.05, 3.63) is 58.6 Å². The lowest BCUT2D eigenvalue weighted by Gasteiger charge is -2.10. The zero-order valence-corrected chi connectivity index (χ0v) is 13.9. The number of hydrogen-bond donors (Lipinski definition) is 1. The van der Waals surface area contributed by atoms with E-state index in [0.717, 1.165) is 5.56 Å². The van der Waals surface area contributed by atoms with Crippen LogP contribution in [0.1, 0.15) is 5.56 Å². The first-order valence-electron chi connectivity index (χ1n) is 7.69. The lowest BCUT2D eigenvalue weighted by molar-refractivity contribution is -0.123. The van der Waals surface area contributed by atoms with Crippen LogP contribution in [0.15, 0.2) is 51.7 Å². The molecule has 0 aliphatic heterocycles. The van der Waals surface area contributed by atoms with Gasteiger partial charge in [-0.05, 0) is 29.8 Å². The number of oxazole rings is 1. The zero-order chi connectivity index (χ0) is 17.8. The summed E-state index contributed by atoms with van der Waals surface area (Å²) < 4.78 is 17.1. The smallest absolute Gasteiger partial charge is 0.419 e. The molecular formula is C18H18N2O5. The van der Waals surface area contributed by atoms with Crippen molar-refractivity contribution in [3.63, 3.8) is 0 Å². The molecular weight excluding hydrogens is 324 g/mol. The third-order valence-electron chi connectivity index (χ3n) is 3.77. The predicted octanol–water partition coefficient (Wildman–Crippen LogP) is 1.84. The van der Waals surface area contributed by atoms with Gasteiger partial charge in [0.2, 0.25) is 0 Å². The van der Waals surface area contributed by atoms with Gasteiger partial charge in [0.05, 0.1) is 12.6 Å². The Balaban J connectivity index is 1.59. The van der Waals surface area contributed by atoms with Gasteiger partial charge in [0.15, 0.2) is 23.7 Å². The molecule has 7 nitrogen and oxygen atoms in total. The molecule has 0 radical (unpaired) electrons. The number of carbonyl (C=O) groups is 1. The van der Waals surface area contributed by atoms with Crippen molar-refractivity contribution in [1.29, 1.82) is 0 Å². The number of nitrogens with one attached hydrogen (secondary N) is 1. The molecule has 0 bridgehead atoms. The maximum atomic E-state index is 12.0. The van der Waals surface area contributed by atoms with Gasteiger partial charge in [0, 0.05) is 13.6 Å². The van der Waals surface area contributed by atoms with E-state index in [1.807, 2.05) is 12.1 Å². The fraction of sp³-hybridized carbons (Fsp3) is 0.222. The Morgan fingerprint density at radius 2 is 1.96 bits per heavy atom. The van der Waals surface area contributed by atoms with Gasteiger partial charge in [0.1, 0.15) is 0 Å². The van der Waals surface area contributed by atoms with Crippen LogP contribution < -0.4 is 20.5 Å². The van der Waals surface area contributed by atoms with E-state index in [-0.39, 0.29) is 12.5 Å². The van der Waals surface area contributed by atoms with Crippen LogP contribution in [0, 0.1) is 0 Å². The molecule has 25 heavy (non-hydrogen) atoms. The van der Waals surface area contributed by atoms with Crippen molar-refractivity contribution in [3.8, 4) is 11.5 Å². The average molecular weight is 342 g/mol. The van der Waals surface area contributed by atoms with Crippen LogP contribution in [0.5, 0.6) is 11.5 Å². The minimum Gasteiger partial charge on any atom is -0.493 e. The lowest BCUT2D eigenvalue weighted by Crippen LogP contribution is -2.28. The highest BCUT2D eigenvalue weighted by Gasteiger charge is 2.09. The standard InChI is InChI=1S/C18H18N2O5/c1-20-13-9-12(7-8-14(13)25-18(20)22)10-19-17(21)11-24-16-6-4-3-5-15(16)23-2/h3-9H,10-11H2,1-2H3,(H,19,21). The Labute approximate surface area is 143 Å². The van der Waals surface area contributed by atoms with Crippen molar-refractivity contribution in [1.82, 2.24) is 9.88 Å². The Bertz CT molecular complexity index is 957. The highest BCUT2D eigenvalue weighted by Crippen LogP contribution is 2.25. The van der Waals surface area contributed by atoms with Crippen LogP contribution in [0.25, 0.3) is 11.1 Å². The molecule has 0 saturated heterocycles. The highest BCUT2D eigenvalue weighted by molar-refractivity contribution is 5.78. The predicted molar refractivity (Wildman–Crippen MR) is 91.8 cm³/mol. The van der Waals surface area contributed by atoms with Crippen LogP contribution in [-0.2, 0) is 18.4 Å². The monoisotopic (exact) mass is 342 g/mol. The molecule has 1 aromatic heterocycles. The molecule has 0 spiro atoms. The number of para-hydroxylation sites is 2. The minimum atomic E-state index is -0.415. The first-order valence-corrected chi connectivity index (χ1v) is 7.69. The van der Waals surface area contributed by atoms with Crippen LogP contribution >= 0.6 is 0 Å². The summed E-state index contributed by atoms with van der Waals surface area (Å²) in [6, 6.07) is 12.4. The molecule has 0 atom stereocenters. The number of aromatic nitrogens is 1. The largest absolute Gasteiger partial charge is 0.493 e. The number of fused-ring (bicyclic) bond motifs is 1. The van der Waals surface area contributed by atoms with Gasteiger partial charge >= 0.3 is 5.76 Å². The van der Waals surface area contributed by atoms with Gasteiger partial charge in [-0.3, -0.25) is 9.36 Å². The molecule has 1 amide bonds. The van der Waals surface area contributed by atoms with Crippen LogP contribution in [0.2, 0.25) is 0 Å². The second-order valence-corrected chi connectivity index (χ2v) is 5.45. The van der Waals surface area contributed by atoms with Crippen molar-refractivity contribution in [2.75, 3.05) is 13.7 Å². The lowest BCUT2D eigenvalue weighted by atomic mass is 10.2. The van der Waals surface area contributed by atoms with Crippen molar-refractivity contribution < 1.29 is 18.7 Å². The fourth-order valence-electron chi connectivity index (χ4n) is 2.42. The second kappa shape index (κ2) is 7.12. The van der Waals surface area contributed by atoms with Gasteiger partial charge in [-0.2, -0.15) is 0 Å². The maximum absolute atomic E-state index is 12.0. The van der Waals surface area contributed by atoms with Gasteiger partial charge in [-0.15, -0.1) is 0 Å². The summed E-state index contributed by atoms with van der Waals surface area (Å²) in [5, 5.41) is 2.77. The summed E-state index contributed by atoms with van der Waals surface area (Å²) in [5.41, 5.74) is 2.05. The molecule has 0 saturated carbocycles. The number of ether oxygens (including phenoxy) is 2. The van der Waals surface area contributed by atoms with Crippen LogP contribution in [0.4, 0.5) is 0 Å². The Kier molecular flexibility index (Phi) is 4.74. The number of aryl methyl sites for hydroxylation is 1. The molecule has 1 heterocycles.